The Kier molecular flexibility index (Phi) is 4.12. The smallest absolute Gasteiger partial charge is 0.118 e. The molecule has 1 aliphatic rings. The molecule has 0 amide bonds. The van der Waals surface area contributed by atoms with E-state index < -0.39 is 21.6 Å². The Morgan fingerprint density at radius 3 is 2.24 bits per heavy atom. The Labute approximate surface area is 106 Å². The van der Waals surface area contributed by atoms with Gasteiger partial charge in [-0.25, -0.2) is 0 Å². The standard InChI is InChI=1S/C12H14O3S2/c1-15-11-5-3-10(4-6-11)9-12-16(13)7-2-8-17(12)14/h3-6,9H,2,7-8H2,1H3/t16-,17-/m1/s1. The molecule has 1 aromatic rings. The maximum absolute atomic E-state index is 11.8. The molecule has 2 rings (SSSR count). The van der Waals surface area contributed by atoms with Gasteiger partial charge >= 0.3 is 0 Å². The van der Waals surface area contributed by atoms with Crippen LogP contribution in [0.3, 0.4) is 0 Å². The summed E-state index contributed by atoms with van der Waals surface area (Å²) in [5, 5.41) is 0. The van der Waals surface area contributed by atoms with E-state index in [1.54, 1.807) is 13.2 Å². The van der Waals surface area contributed by atoms with Crippen molar-refractivity contribution in [2.45, 2.75) is 6.42 Å². The molecule has 2 atom stereocenters. The zero-order valence-electron chi connectivity index (χ0n) is 9.55. The maximum Gasteiger partial charge on any atom is 0.118 e. The molecular formula is C12H14O3S2. The quantitative estimate of drug-likeness (QED) is 0.824. The minimum atomic E-state index is -1.09. The Bertz CT molecular complexity index is 459. The second kappa shape index (κ2) is 5.60. The summed E-state index contributed by atoms with van der Waals surface area (Å²) in [7, 11) is -0.562. The zero-order chi connectivity index (χ0) is 12.3. The third kappa shape index (κ3) is 3.04. The minimum absolute atomic E-state index is 0.557. The van der Waals surface area contributed by atoms with Crippen molar-refractivity contribution >= 4 is 27.7 Å². The number of ether oxygens (including phenoxy) is 1. The van der Waals surface area contributed by atoms with Crippen molar-refractivity contribution in [2.75, 3.05) is 18.6 Å². The number of hydrogen-bond acceptors (Lipinski definition) is 3. The van der Waals surface area contributed by atoms with Crippen LogP contribution in [0.4, 0.5) is 0 Å². The summed E-state index contributed by atoms with van der Waals surface area (Å²) in [6, 6.07) is 7.41. The fourth-order valence-electron chi connectivity index (χ4n) is 1.59. The van der Waals surface area contributed by atoms with Gasteiger partial charge in [-0.3, -0.25) is 8.42 Å². The minimum Gasteiger partial charge on any atom is -0.497 e. The molecule has 0 saturated carbocycles. The second-order valence-corrected chi connectivity index (χ2v) is 7.03. The van der Waals surface area contributed by atoms with E-state index in [1.807, 2.05) is 24.3 Å². The molecule has 1 saturated heterocycles. The van der Waals surface area contributed by atoms with E-state index in [4.69, 9.17) is 4.74 Å². The van der Waals surface area contributed by atoms with Crippen LogP contribution in [0.5, 0.6) is 5.75 Å². The highest BCUT2D eigenvalue weighted by Gasteiger charge is 2.20. The fourth-order valence-corrected chi connectivity index (χ4v) is 4.86. The van der Waals surface area contributed by atoms with Gasteiger partial charge in [0, 0.05) is 11.5 Å². The van der Waals surface area contributed by atoms with E-state index in [9.17, 15) is 8.42 Å². The Morgan fingerprint density at radius 2 is 1.71 bits per heavy atom. The van der Waals surface area contributed by atoms with Crippen LogP contribution >= 0.6 is 0 Å². The van der Waals surface area contributed by atoms with Crippen molar-refractivity contribution in [1.29, 1.82) is 0 Å². The molecule has 0 radical (unpaired) electrons. The Hall–Kier alpha value is -0.940. The SMILES string of the molecule is COc1ccc(C=C2[S@](=O)CCC[S@]2=O)cc1. The topological polar surface area (TPSA) is 43.4 Å². The molecule has 1 heterocycles. The molecule has 1 aromatic carbocycles. The lowest BCUT2D eigenvalue weighted by molar-refractivity contribution is 0.415. The molecule has 92 valence electrons. The summed E-state index contributed by atoms with van der Waals surface area (Å²) in [4.78, 5) is 0. The molecule has 0 aliphatic carbocycles. The van der Waals surface area contributed by atoms with Gasteiger partial charge in [-0.2, -0.15) is 0 Å². The second-order valence-electron chi connectivity index (χ2n) is 3.69. The average molecular weight is 270 g/mol. The molecule has 0 N–H and O–H groups in total. The first-order chi connectivity index (χ1) is 8.20. The van der Waals surface area contributed by atoms with Gasteiger partial charge in [0.25, 0.3) is 0 Å². The summed E-state index contributed by atoms with van der Waals surface area (Å²) in [5.41, 5.74) is 0.907. The van der Waals surface area contributed by atoms with Gasteiger partial charge < -0.3 is 4.74 Å². The predicted octanol–water partition coefficient (Wildman–Crippen LogP) is 1.89. The largest absolute Gasteiger partial charge is 0.497 e. The van der Waals surface area contributed by atoms with Gasteiger partial charge in [-0.15, -0.1) is 0 Å². The van der Waals surface area contributed by atoms with Crippen LogP contribution in [0, 0.1) is 0 Å². The molecule has 1 fully saturated rings. The van der Waals surface area contributed by atoms with Crippen LogP contribution in [-0.4, -0.2) is 27.0 Å². The highest BCUT2D eigenvalue weighted by Crippen LogP contribution is 2.21. The number of rotatable bonds is 2. The van der Waals surface area contributed by atoms with Crippen LogP contribution in [0.2, 0.25) is 0 Å². The van der Waals surface area contributed by atoms with Crippen molar-refractivity contribution in [3.05, 3.63) is 34.1 Å². The summed E-state index contributed by atoms with van der Waals surface area (Å²) in [5.74, 6) is 2.01. The number of methoxy groups -OCH3 is 1. The van der Waals surface area contributed by atoms with Crippen molar-refractivity contribution in [2.24, 2.45) is 0 Å². The normalized spacial score (nSPS) is 24.4. The van der Waals surface area contributed by atoms with E-state index in [0.717, 1.165) is 17.7 Å². The predicted molar refractivity (Wildman–Crippen MR) is 71.6 cm³/mol. The molecule has 0 aromatic heterocycles. The molecule has 0 spiro atoms. The van der Waals surface area contributed by atoms with Crippen molar-refractivity contribution in [3.8, 4) is 5.75 Å². The first-order valence-corrected chi connectivity index (χ1v) is 7.97. The Balaban J connectivity index is 2.27. The van der Waals surface area contributed by atoms with E-state index in [1.165, 1.54) is 0 Å². The molecule has 5 heteroatoms. The van der Waals surface area contributed by atoms with Gasteiger partial charge in [0.1, 0.15) is 9.99 Å². The molecule has 0 bridgehead atoms. The Morgan fingerprint density at radius 1 is 1.12 bits per heavy atom. The van der Waals surface area contributed by atoms with Crippen molar-refractivity contribution < 1.29 is 13.2 Å². The fraction of sp³-hybridized carbons (Fsp3) is 0.333. The third-order valence-corrected chi connectivity index (χ3v) is 6.08. The van der Waals surface area contributed by atoms with E-state index in [-0.39, 0.29) is 0 Å². The van der Waals surface area contributed by atoms with Gasteiger partial charge in [0.05, 0.1) is 28.7 Å². The van der Waals surface area contributed by atoms with E-state index in [0.29, 0.717) is 15.7 Å². The van der Waals surface area contributed by atoms with Crippen molar-refractivity contribution in [1.82, 2.24) is 0 Å². The van der Waals surface area contributed by atoms with Crippen LogP contribution in [0.25, 0.3) is 6.08 Å². The summed E-state index contributed by atoms with van der Waals surface area (Å²) in [6.45, 7) is 0. The zero-order valence-corrected chi connectivity index (χ0v) is 11.2. The van der Waals surface area contributed by atoms with Crippen LogP contribution in [0.15, 0.2) is 28.5 Å². The van der Waals surface area contributed by atoms with Crippen LogP contribution in [0.1, 0.15) is 12.0 Å². The lowest BCUT2D eigenvalue weighted by Crippen LogP contribution is -2.16. The lowest BCUT2D eigenvalue weighted by atomic mass is 10.2. The van der Waals surface area contributed by atoms with Crippen LogP contribution in [-0.2, 0) is 21.6 Å². The summed E-state index contributed by atoms with van der Waals surface area (Å²) < 4.78 is 29.1. The molecular weight excluding hydrogens is 256 g/mol. The van der Waals surface area contributed by atoms with Gasteiger partial charge in [0.2, 0.25) is 0 Å². The first-order valence-electron chi connectivity index (χ1n) is 5.33. The third-order valence-electron chi connectivity index (χ3n) is 2.51. The van der Waals surface area contributed by atoms with E-state index in [2.05, 4.69) is 0 Å². The molecule has 0 unspecified atom stereocenters. The summed E-state index contributed by atoms with van der Waals surface area (Å²) in [6.07, 6.45) is 2.55. The highest BCUT2D eigenvalue weighted by atomic mass is 32.2. The van der Waals surface area contributed by atoms with Gasteiger partial charge in [-0.05, 0) is 30.2 Å². The average Bonchev–Trinajstić information content (AvgIpc) is 2.35. The monoisotopic (exact) mass is 270 g/mol. The van der Waals surface area contributed by atoms with Gasteiger partial charge in [-0.1, -0.05) is 12.1 Å². The van der Waals surface area contributed by atoms with Crippen molar-refractivity contribution in [3.63, 3.8) is 0 Å². The number of hydrogen-bond donors (Lipinski definition) is 0. The molecule has 1 aliphatic heterocycles. The van der Waals surface area contributed by atoms with E-state index >= 15 is 0 Å². The van der Waals surface area contributed by atoms with Crippen LogP contribution < -0.4 is 4.74 Å². The molecule has 3 nitrogen and oxygen atoms in total. The summed E-state index contributed by atoms with van der Waals surface area (Å²) >= 11 is 0. The highest BCUT2D eigenvalue weighted by molar-refractivity contribution is 8.09. The number of benzene rings is 1. The van der Waals surface area contributed by atoms with Gasteiger partial charge in [0.15, 0.2) is 0 Å². The maximum atomic E-state index is 11.8. The molecule has 17 heavy (non-hydrogen) atoms. The lowest BCUT2D eigenvalue weighted by Gasteiger charge is -2.12. The first kappa shape index (κ1) is 12.5.